The third-order valence-electron chi connectivity index (χ3n) is 5.60. The first-order valence-corrected chi connectivity index (χ1v) is 11.2. The van der Waals surface area contributed by atoms with E-state index in [1.165, 1.54) is 0 Å². The van der Waals surface area contributed by atoms with Crippen molar-refractivity contribution in [2.75, 3.05) is 46.0 Å². The summed E-state index contributed by atoms with van der Waals surface area (Å²) in [6.07, 6.45) is 1.71. The van der Waals surface area contributed by atoms with E-state index in [2.05, 4.69) is 16.8 Å². The van der Waals surface area contributed by atoms with Crippen LogP contribution in [0, 0.1) is 0 Å². The maximum atomic E-state index is 13.2. The van der Waals surface area contributed by atoms with Crippen molar-refractivity contribution in [3.63, 3.8) is 0 Å². The predicted octanol–water partition coefficient (Wildman–Crippen LogP) is 3.97. The molecule has 1 aliphatic rings. The summed E-state index contributed by atoms with van der Waals surface area (Å²) in [5.74, 6) is 0.610. The molecular weight excluding hydrogens is 426 g/mol. The van der Waals surface area contributed by atoms with Crippen LogP contribution in [-0.4, -0.2) is 61.4 Å². The molecule has 3 aromatic rings. The smallest absolute Gasteiger partial charge is 0.268 e. The molecule has 1 aromatic heterocycles. The SMILES string of the molecule is C=CCOc1cccc2c1cc(C(=O)NCCN1CCOCC1)n2Cc1ccccc1Cl. The molecule has 4 rings (SSSR count). The standard InChI is InChI=1S/C25H28ClN3O3/c1-2-14-32-24-9-5-8-22-20(24)17-23(29(22)18-19-6-3-4-7-21(19)26)25(30)27-10-11-28-12-15-31-16-13-28/h2-9,17H,1,10-16,18H2,(H,27,30). The minimum atomic E-state index is -0.115. The van der Waals surface area contributed by atoms with E-state index in [1.54, 1.807) is 6.08 Å². The number of benzene rings is 2. The van der Waals surface area contributed by atoms with Gasteiger partial charge in [-0.05, 0) is 29.8 Å². The molecule has 2 aromatic carbocycles. The fourth-order valence-electron chi connectivity index (χ4n) is 3.93. The van der Waals surface area contributed by atoms with E-state index in [-0.39, 0.29) is 5.91 Å². The predicted molar refractivity (Wildman–Crippen MR) is 128 cm³/mol. The normalized spacial score (nSPS) is 14.4. The van der Waals surface area contributed by atoms with E-state index >= 15 is 0 Å². The molecule has 0 radical (unpaired) electrons. The van der Waals surface area contributed by atoms with Crippen LogP contribution in [0.25, 0.3) is 10.9 Å². The number of hydrogen-bond donors (Lipinski definition) is 1. The van der Waals surface area contributed by atoms with E-state index < -0.39 is 0 Å². The lowest BCUT2D eigenvalue weighted by Gasteiger charge is -2.26. The van der Waals surface area contributed by atoms with Crippen molar-refractivity contribution in [2.45, 2.75) is 6.54 Å². The number of nitrogens with one attached hydrogen (secondary N) is 1. The Labute approximate surface area is 193 Å². The minimum absolute atomic E-state index is 0.115. The van der Waals surface area contributed by atoms with Gasteiger partial charge < -0.3 is 19.4 Å². The number of ether oxygens (including phenoxy) is 2. The third-order valence-corrected chi connectivity index (χ3v) is 5.97. The second-order valence-electron chi connectivity index (χ2n) is 7.71. The van der Waals surface area contributed by atoms with Gasteiger partial charge in [-0.2, -0.15) is 0 Å². The summed E-state index contributed by atoms with van der Waals surface area (Å²) in [7, 11) is 0. The van der Waals surface area contributed by atoms with Crippen LogP contribution in [0.3, 0.4) is 0 Å². The highest BCUT2D eigenvalue weighted by Gasteiger charge is 2.19. The Morgan fingerprint density at radius 1 is 1.19 bits per heavy atom. The maximum absolute atomic E-state index is 13.2. The molecule has 1 amide bonds. The van der Waals surface area contributed by atoms with Gasteiger partial charge in [0.2, 0.25) is 0 Å². The van der Waals surface area contributed by atoms with Crippen molar-refractivity contribution in [3.8, 4) is 5.75 Å². The largest absolute Gasteiger partial charge is 0.489 e. The monoisotopic (exact) mass is 453 g/mol. The van der Waals surface area contributed by atoms with Gasteiger partial charge in [-0.3, -0.25) is 9.69 Å². The van der Waals surface area contributed by atoms with Gasteiger partial charge in [0.1, 0.15) is 18.1 Å². The summed E-state index contributed by atoms with van der Waals surface area (Å²) in [6, 6.07) is 15.4. The van der Waals surface area contributed by atoms with Gasteiger partial charge in [-0.25, -0.2) is 0 Å². The number of aromatic nitrogens is 1. The van der Waals surface area contributed by atoms with Crippen LogP contribution in [0.15, 0.2) is 61.2 Å². The number of nitrogens with zero attached hydrogens (tertiary/aromatic N) is 2. The molecule has 0 aliphatic carbocycles. The van der Waals surface area contributed by atoms with Gasteiger partial charge in [0.25, 0.3) is 5.91 Å². The first-order chi connectivity index (χ1) is 15.7. The molecule has 1 N–H and O–H groups in total. The second kappa shape index (κ2) is 10.7. The van der Waals surface area contributed by atoms with Crippen LogP contribution in [0.2, 0.25) is 5.02 Å². The number of fused-ring (bicyclic) bond motifs is 1. The molecule has 168 valence electrons. The van der Waals surface area contributed by atoms with Crippen molar-refractivity contribution in [2.24, 2.45) is 0 Å². The summed E-state index contributed by atoms with van der Waals surface area (Å²) in [5, 5.41) is 4.64. The molecule has 7 heteroatoms. The lowest BCUT2D eigenvalue weighted by Crippen LogP contribution is -2.41. The summed E-state index contributed by atoms with van der Waals surface area (Å²) in [6.45, 7) is 9.26. The average Bonchev–Trinajstić information content (AvgIpc) is 3.19. The Morgan fingerprint density at radius 2 is 2.00 bits per heavy atom. The number of hydrogen-bond acceptors (Lipinski definition) is 4. The number of halogens is 1. The summed E-state index contributed by atoms with van der Waals surface area (Å²) in [4.78, 5) is 15.5. The van der Waals surface area contributed by atoms with E-state index in [1.807, 2.05) is 53.1 Å². The molecular formula is C25H28ClN3O3. The van der Waals surface area contributed by atoms with Crippen LogP contribution in [0.1, 0.15) is 16.1 Å². The Hall–Kier alpha value is -2.80. The lowest BCUT2D eigenvalue weighted by molar-refractivity contribution is 0.0383. The van der Waals surface area contributed by atoms with E-state index in [0.717, 1.165) is 55.1 Å². The Kier molecular flexibility index (Phi) is 7.47. The molecule has 0 atom stereocenters. The fraction of sp³-hybridized carbons (Fsp3) is 0.320. The van der Waals surface area contributed by atoms with E-state index in [0.29, 0.717) is 30.4 Å². The zero-order valence-corrected chi connectivity index (χ0v) is 18.8. The molecule has 6 nitrogen and oxygen atoms in total. The number of carbonyl (C=O) groups excluding carboxylic acids is 1. The van der Waals surface area contributed by atoms with Crippen LogP contribution < -0.4 is 10.1 Å². The van der Waals surface area contributed by atoms with Crippen molar-refractivity contribution in [1.82, 2.24) is 14.8 Å². The number of morpholine rings is 1. The number of rotatable bonds is 9. The van der Waals surface area contributed by atoms with Crippen LogP contribution in [-0.2, 0) is 11.3 Å². The molecule has 2 heterocycles. The molecule has 0 bridgehead atoms. The van der Waals surface area contributed by atoms with Crippen LogP contribution in [0.5, 0.6) is 5.75 Å². The maximum Gasteiger partial charge on any atom is 0.268 e. The van der Waals surface area contributed by atoms with Gasteiger partial charge in [-0.1, -0.05) is 48.5 Å². The summed E-state index contributed by atoms with van der Waals surface area (Å²) in [5.41, 5.74) is 2.45. The first kappa shape index (κ1) is 22.4. The van der Waals surface area contributed by atoms with E-state index in [9.17, 15) is 4.79 Å². The summed E-state index contributed by atoms with van der Waals surface area (Å²) < 4.78 is 13.2. The fourth-order valence-corrected chi connectivity index (χ4v) is 4.13. The number of amides is 1. The highest BCUT2D eigenvalue weighted by Crippen LogP contribution is 2.30. The molecule has 0 spiro atoms. The van der Waals surface area contributed by atoms with Crippen molar-refractivity contribution < 1.29 is 14.3 Å². The Morgan fingerprint density at radius 3 is 2.78 bits per heavy atom. The van der Waals surface area contributed by atoms with Gasteiger partial charge in [0.15, 0.2) is 0 Å². The zero-order chi connectivity index (χ0) is 22.3. The molecule has 0 saturated carbocycles. The highest BCUT2D eigenvalue weighted by molar-refractivity contribution is 6.31. The minimum Gasteiger partial charge on any atom is -0.489 e. The molecule has 1 aliphatic heterocycles. The zero-order valence-electron chi connectivity index (χ0n) is 18.1. The van der Waals surface area contributed by atoms with Crippen LogP contribution in [0.4, 0.5) is 0 Å². The second-order valence-corrected chi connectivity index (χ2v) is 8.11. The molecule has 32 heavy (non-hydrogen) atoms. The van der Waals surface area contributed by atoms with Crippen molar-refractivity contribution in [1.29, 1.82) is 0 Å². The average molecular weight is 454 g/mol. The van der Waals surface area contributed by atoms with Crippen molar-refractivity contribution >= 4 is 28.4 Å². The van der Waals surface area contributed by atoms with Gasteiger partial charge in [-0.15, -0.1) is 0 Å². The quantitative estimate of drug-likeness (QED) is 0.498. The lowest BCUT2D eigenvalue weighted by atomic mass is 10.2. The third kappa shape index (κ3) is 5.15. The molecule has 1 fully saturated rings. The number of carbonyl (C=O) groups is 1. The topological polar surface area (TPSA) is 55.7 Å². The first-order valence-electron chi connectivity index (χ1n) is 10.8. The van der Waals surface area contributed by atoms with Gasteiger partial charge in [0, 0.05) is 43.1 Å². The van der Waals surface area contributed by atoms with Crippen molar-refractivity contribution in [3.05, 3.63) is 77.5 Å². The van der Waals surface area contributed by atoms with Gasteiger partial charge in [0.05, 0.1) is 18.7 Å². The highest BCUT2D eigenvalue weighted by atomic mass is 35.5. The van der Waals surface area contributed by atoms with Crippen LogP contribution >= 0.6 is 11.6 Å². The molecule has 0 unspecified atom stereocenters. The molecule has 1 saturated heterocycles. The summed E-state index contributed by atoms with van der Waals surface area (Å²) >= 11 is 6.43. The van der Waals surface area contributed by atoms with Gasteiger partial charge >= 0.3 is 0 Å². The Bertz CT molecular complexity index is 1090. The Balaban J connectivity index is 1.62. The van der Waals surface area contributed by atoms with E-state index in [4.69, 9.17) is 21.1 Å².